The van der Waals surface area contributed by atoms with Crippen LogP contribution in [0.1, 0.15) is 46.5 Å². The Morgan fingerprint density at radius 2 is 1.85 bits per heavy atom. The Hall–Kier alpha value is -0.850. The zero-order valence-corrected chi connectivity index (χ0v) is 17.7. The first-order valence-corrected chi connectivity index (χ1v) is 11.1. The van der Waals surface area contributed by atoms with E-state index in [1.165, 1.54) is 26.1 Å². The molecule has 0 amide bonds. The van der Waals surface area contributed by atoms with Crippen LogP contribution in [0.15, 0.2) is 4.99 Å². The summed E-state index contributed by atoms with van der Waals surface area (Å²) in [6, 6.07) is 0. The van der Waals surface area contributed by atoms with Gasteiger partial charge in [0.1, 0.15) is 6.10 Å². The van der Waals surface area contributed by atoms with Crippen LogP contribution in [0, 0.1) is 11.8 Å². The molecule has 0 aromatic carbocycles. The molecule has 27 heavy (non-hydrogen) atoms. The Morgan fingerprint density at radius 3 is 2.56 bits per heavy atom. The molecule has 0 aliphatic carbocycles. The molecule has 3 aliphatic rings. The van der Waals surface area contributed by atoms with Crippen molar-refractivity contribution in [1.82, 2.24) is 15.1 Å². The van der Waals surface area contributed by atoms with Crippen LogP contribution < -0.4 is 5.32 Å². The fraction of sp³-hybridized carbons (Fsp3) is 0.952. The molecular formula is C21H40N4O2. The van der Waals surface area contributed by atoms with E-state index in [9.17, 15) is 0 Å². The Balaban J connectivity index is 1.47. The molecule has 0 spiro atoms. The number of guanidine groups is 1. The van der Waals surface area contributed by atoms with Gasteiger partial charge in [0.15, 0.2) is 5.96 Å². The van der Waals surface area contributed by atoms with E-state index < -0.39 is 0 Å². The van der Waals surface area contributed by atoms with Gasteiger partial charge in [-0.3, -0.25) is 4.99 Å². The van der Waals surface area contributed by atoms with Gasteiger partial charge in [-0.2, -0.15) is 0 Å². The molecule has 0 radical (unpaired) electrons. The second-order valence-electron chi connectivity index (χ2n) is 8.70. The lowest BCUT2D eigenvalue weighted by Gasteiger charge is -2.37. The standard InChI is InChI=1S/C21H40N4O2/c1-4-22-21(23-8-6-9-24-14-17(2)13-18(3)15-24)25-10-12-27-20(16-25)19-7-5-11-26-19/h17-20H,4-16H2,1-3H3,(H,22,23). The van der Waals surface area contributed by atoms with Crippen molar-refractivity contribution < 1.29 is 9.47 Å². The predicted molar refractivity (Wildman–Crippen MR) is 110 cm³/mol. The van der Waals surface area contributed by atoms with Crippen LogP contribution in [0.4, 0.5) is 0 Å². The topological polar surface area (TPSA) is 49.3 Å². The lowest BCUT2D eigenvalue weighted by Crippen LogP contribution is -2.53. The summed E-state index contributed by atoms with van der Waals surface area (Å²) in [5.41, 5.74) is 0. The first kappa shape index (κ1) is 20.9. The molecule has 0 aromatic heterocycles. The van der Waals surface area contributed by atoms with Gasteiger partial charge in [0.2, 0.25) is 0 Å². The number of piperidine rings is 1. The molecule has 0 saturated carbocycles. The Morgan fingerprint density at radius 1 is 1.07 bits per heavy atom. The van der Waals surface area contributed by atoms with Crippen LogP contribution in [0.25, 0.3) is 0 Å². The van der Waals surface area contributed by atoms with Crippen molar-refractivity contribution in [2.75, 3.05) is 59.0 Å². The fourth-order valence-corrected chi connectivity index (χ4v) is 4.87. The Bertz CT molecular complexity index is 457. The van der Waals surface area contributed by atoms with Gasteiger partial charge in [0.05, 0.1) is 12.7 Å². The number of aliphatic imine (C=N–C) groups is 1. The minimum absolute atomic E-state index is 0.182. The van der Waals surface area contributed by atoms with E-state index in [1.807, 2.05) is 0 Å². The van der Waals surface area contributed by atoms with Gasteiger partial charge >= 0.3 is 0 Å². The maximum atomic E-state index is 5.99. The van der Waals surface area contributed by atoms with Gasteiger partial charge in [-0.25, -0.2) is 0 Å². The van der Waals surface area contributed by atoms with Gasteiger partial charge in [0.25, 0.3) is 0 Å². The number of rotatable bonds is 6. The molecule has 4 atom stereocenters. The van der Waals surface area contributed by atoms with Crippen molar-refractivity contribution in [1.29, 1.82) is 0 Å². The number of morpholine rings is 1. The lowest BCUT2D eigenvalue weighted by atomic mass is 9.92. The van der Waals surface area contributed by atoms with E-state index in [1.54, 1.807) is 0 Å². The molecule has 0 bridgehead atoms. The highest BCUT2D eigenvalue weighted by molar-refractivity contribution is 5.80. The second-order valence-corrected chi connectivity index (χ2v) is 8.70. The molecule has 3 rings (SSSR count). The fourth-order valence-electron chi connectivity index (χ4n) is 4.87. The van der Waals surface area contributed by atoms with Crippen molar-refractivity contribution in [3.05, 3.63) is 0 Å². The SMILES string of the molecule is CCNC(=NCCCN1CC(C)CC(C)C1)N1CCOC(C2CCCO2)C1. The van der Waals surface area contributed by atoms with E-state index in [0.717, 1.165) is 76.5 Å². The summed E-state index contributed by atoms with van der Waals surface area (Å²) in [5.74, 6) is 2.71. The molecule has 0 aromatic rings. The minimum atomic E-state index is 0.182. The average molecular weight is 381 g/mol. The second kappa shape index (κ2) is 10.6. The van der Waals surface area contributed by atoms with Crippen molar-refractivity contribution in [3.8, 4) is 0 Å². The van der Waals surface area contributed by atoms with E-state index in [4.69, 9.17) is 14.5 Å². The van der Waals surface area contributed by atoms with Crippen molar-refractivity contribution >= 4 is 5.96 Å². The van der Waals surface area contributed by atoms with Crippen LogP contribution in [-0.4, -0.2) is 87.0 Å². The maximum Gasteiger partial charge on any atom is 0.194 e. The molecule has 156 valence electrons. The molecule has 3 heterocycles. The highest BCUT2D eigenvalue weighted by atomic mass is 16.5. The number of hydrogen-bond acceptors (Lipinski definition) is 4. The van der Waals surface area contributed by atoms with E-state index in [-0.39, 0.29) is 12.2 Å². The number of nitrogens with one attached hydrogen (secondary N) is 1. The maximum absolute atomic E-state index is 5.99. The van der Waals surface area contributed by atoms with Crippen molar-refractivity contribution in [2.24, 2.45) is 16.8 Å². The quantitative estimate of drug-likeness (QED) is 0.435. The van der Waals surface area contributed by atoms with Gasteiger partial charge < -0.3 is 24.6 Å². The average Bonchev–Trinajstić information content (AvgIpc) is 3.18. The number of hydrogen-bond donors (Lipinski definition) is 1. The third-order valence-corrected chi connectivity index (χ3v) is 5.95. The van der Waals surface area contributed by atoms with Crippen LogP contribution in [0.2, 0.25) is 0 Å². The third-order valence-electron chi connectivity index (χ3n) is 5.95. The predicted octanol–water partition coefficient (Wildman–Crippen LogP) is 2.20. The van der Waals surface area contributed by atoms with E-state index in [2.05, 4.69) is 35.9 Å². The molecule has 6 heteroatoms. The molecular weight excluding hydrogens is 340 g/mol. The van der Waals surface area contributed by atoms with Crippen molar-refractivity contribution in [3.63, 3.8) is 0 Å². The molecule has 1 N–H and O–H groups in total. The third kappa shape index (κ3) is 6.33. The molecule has 3 aliphatic heterocycles. The first-order chi connectivity index (χ1) is 13.2. The largest absolute Gasteiger partial charge is 0.375 e. The number of likely N-dealkylation sites (tertiary alicyclic amines) is 1. The highest BCUT2D eigenvalue weighted by Gasteiger charge is 2.32. The number of nitrogens with zero attached hydrogens (tertiary/aromatic N) is 3. The summed E-state index contributed by atoms with van der Waals surface area (Å²) in [7, 11) is 0. The zero-order chi connectivity index (χ0) is 19.1. The summed E-state index contributed by atoms with van der Waals surface area (Å²) in [6.07, 6.45) is 5.24. The van der Waals surface area contributed by atoms with Crippen LogP contribution in [0.3, 0.4) is 0 Å². The Labute approximate surface area is 165 Å². The van der Waals surface area contributed by atoms with Gasteiger partial charge in [-0.15, -0.1) is 0 Å². The van der Waals surface area contributed by atoms with Crippen LogP contribution in [-0.2, 0) is 9.47 Å². The summed E-state index contributed by atoms with van der Waals surface area (Å²) >= 11 is 0. The lowest BCUT2D eigenvalue weighted by molar-refractivity contribution is -0.0817. The Kier molecular flexibility index (Phi) is 8.22. The molecule has 6 nitrogen and oxygen atoms in total. The van der Waals surface area contributed by atoms with Crippen LogP contribution in [0.5, 0.6) is 0 Å². The van der Waals surface area contributed by atoms with Gasteiger partial charge in [-0.05, 0) is 51.0 Å². The zero-order valence-electron chi connectivity index (χ0n) is 17.7. The van der Waals surface area contributed by atoms with E-state index in [0.29, 0.717) is 0 Å². The summed E-state index contributed by atoms with van der Waals surface area (Å²) in [6.45, 7) is 15.8. The molecule has 3 fully saturated rings. The normalized spacial score (nSPS) is 33.4. The number of ether oxygens (including phenoxy) is 2. The van der Waals surface area contributed by atoms with Crippen LogP contribution >= 0.6 is 0 Å². The molecule has 3 saturated heterocycles. The van der Waals surface area contributed by atoms with E-state index >= 15 is 0 Å². The smallest absolute Gasteiger partial charge is 0.194 e. The summed E-state index contributed by atoms with van der Waals surface area (Å²) in [5, 5.41) is 3.48. The first-order valence-electron chi connectivity index (χ1n) is 11.1. The monoisotopic (exact) mass is 380 g/mol. The highest BCUT2D eigenvalue weighted by Crippen LogP contribution is 2.22. The summed E-state index contributed by atoms with van der Waals surface area (Å²) in [4.78, 5) is 9.92. The minimum Gasteiger partial charge on any atom is -0.375 e. The summed E-state index contributed by atoms with van der Waals surface area (Å²) < 4.78 is 11.8. The van der Waals surface area contributed by atoms with Crippen molar-refractivity contribution in [2.45, 2.75) is 58.7 Å². The van der Waals surface area contributed by atoms with Gasteiger partial charge in [0, 0.05) is 45.9 Å². The van der Waals surface area contributed by atoms with Gasteiger partial charge in [-0.1, -0.05) is 13.8 Å². The molecule has 4 unspecified atom stereocenters.